The summed E-state index contributed by atoms with van der Waals surface area (Å²) in [5.41, 5.74) is 0.757. The number of amides is 1. The molecule has 0 aliphatic rings. The molecule has 1 amide bonds. The van der Waals surface area contributed by atoms with E-state index in [0.29, 0.717) is 5.82 Å². The largest absolute Gasteiger partial charge is 0.468 e. The molecule has 116 valence electrons. The van der Waals surface area contributed by atoms with E-state index in [9.17, 15) is 9.59 Å². The number of methoxy groups -OCH3 is 1. The number of carbonyl (C=O) groups excluding carboxylic acids is 2. The zero-order valence-electron chi connectivity index (χ0n) is 12.6. The lowest BCUT2D eigenvalue weighted by Crippen LogP contribution is -2.46. The van der Waals surface area contributed by atoms with Crippen molar-refractivity contribution in [3.63, 3.8) is 0 Å². The normalized spacial score (nSPS) is 10.3. The summed E-state index contributed by atoms with van der Waals surface area (Å²) >= 11 is 0. The Hall–Kier alpha value is -2.84. The van der Waals surface area contributed by atoms with Gasteiger partial charge < -0.3 is 9.64 Å². The Morgan fingerprint density at radius 3 is 2.77 bits per heavy atom. The fourth-order valence-corrected chi connectivity index (χ4v) is 1.69. The number of hydrogen-bond acceptors (Lipinski definition) is 6. The molecule has 0 unspecified atom stereocenters. The second kappa shape index (κ2) is 6.74. The lowest BCUT2D eigenvalue weighted by atomic mass is 10.3. The number of likely N-dealkylation sites (N-methyl/N-ethyl adjacent to an activating group) is 1. The van der Waals surface area contributed by atoms with Gasteiger partial charge in [-0.3, -0.25) is 14.3 Å². The van der Waals surface area contributed by atoms with Crippen LogP contribution in [0.5, 0.6) is 0 Å². The van der Waals surface area contributed by atoms with E-state index in [-0.39, 0.29) is 19.0 Å². The van der Waals surface area contributed by atoms with Crippen LogP contribution in [0.3, 0.4) is 0 Å². The highest BCUT2D eigenvalue weighted by Crippen LogP contribution is 2.09. The monoisotopic (exact) mass is 305 g/mol. The van der Waals surface area contributed by atoms with Crippen molar-refractivity contribution in [3.05, 3.63) is 24.8 Å². The van der Waals surface area contributed by atoms with Gasteiger partial charge in [0.2, 0.25) is 0 Å². The van der Waals surface area contributed by atoms with Gasteiger partial charge in [-0.15, -0.1) is 0 Å². The van der Waals surface area contributed by atoms with Gasteiger partial charge >= 0.3 is 5.97 Å². The SMILES string of the molecule is COC(=O)CN(C)C(=O)C[n+]1ccc(-c2ncn(C)n2)cn1. The first-order valence-electron chi connectivity index (χ1n) is 6.52. The molecule has 0 fully saturated rings. The predicted octanol–water partition coefficient (Wildman–Crippen LogP) is -1.20. The smallest absolute Gasteiger partial charge is 0.325 e. The Balaban J connectivity index is 1.99. The molecule has 0 aromatic carbocycles. The summed E-state index contributed by atoms with van der Waals surface area (Å²) in [4.78, 5) is 28.5. The van der Waals surface area contributed by atoms with Crippen molar-refractivity contribution in [2.24, 2.45) is 7.05 Å². The first-order chi connectivity index (χ1) is 10.5. The summed E-state index contributed by atoms with van der Waals surface area (Å²) in [6.07, 6.45) is 4.85. The van der Waals surface area contributed by atoms with Crippen molar-refractivity contribution < 1.29 is 19.0 Å². The predicted molar refractivity (Wildman–Crippen MR) is 74.1 cm³/mol. The molecule has 0 aliphatic carbocycles. The van der Waals surface area contributed by atoms with Gasteiger partial charge in [0, 0.05) is 20.2 Å². The number of ether oxygens (including phenoxy) is 1. The highest BCUT2D eigenvalue weighted by molar-refractivity contribution is 5.80. The van der Waals surface area contributed by atoms with Crippen LogP contribution in [0.15, 0.2) is 24.8 Å². The zero-order chi connectivity index (χ0) is 16.1. The summed E-state index contributed by atoms with van der Waals surface area (Å²) in [7, 11) is 4.59. The molecule has 0 atom stereocenters. The van der Waals surface area contributed by atoms with Gasteiger partial charge in [0.05, 0.1) is 12.7 Å². The van der Waals surface area contributed by atoms with E-state index < -0.39 is 5.97 Å². The zero-order valence-corrected chi connectivity index (χ0v) is 12.6. The molecule has 0 N–H and O–H groups in total. The number of rotatable bonds is 5. The molecule has 2 heterocycles. The van der Waals surface area contributed by atoms with Gasteiger partial charge in [0.15, 0.2) is 12.0 Å². The van der Waals surface area contributed by atoms with Crippen LogP contribution in [0.2, 0.25) is 0 Å². The van der Waals surface area contributed by atoms with E-state index in [1.165, 1.54) is 23.7 Å². The molecule has 9 heteroatoms. The Kier molecular flexibility index (Phi) is 4.77. The average Bonchev–Trinajstić information content (AvgIpc) is 2.94. The fourth-order valence-electron chi connectivity index (χ4n) is 1.69. The maximum Gasteiger partial charge on any atom is 0.325 e. The molecule has 0 aliphatic heterocycles. The average molecular weight is 305 g/mol. The van der Waals surface area contributed by atoms with Crippen LogP contribution in [0, 0.1) is 0 Å². The molecular formula is C13H17N6O3+. The van der Waals surface area contributed by atoms with Gasteiger partial charge in [-0.25, -0.2) is 4.98 Å². The van der Waals surface area contributed by atoms with Gasteiger partial charge in [0.25, 0.3) is 12.5 Å². The van der Waals surface area contributed by atoms with Gasteiger partial charge in [-0.1, -0.05) is 4.68 Å². The molecular weight excluding hydrogens is 288 g/mol. The van der Waals surface area contributed by atoms with Crippen LogP contribution in [-0.2, 0) is 27.9 Å². The first kappa shape index (κ1) is 15.5. The van der Waals surface area contributed by atoms with Crippen molar-refractivity contribution >= 4 is 11.9 Å². The third-order valence-electron chi connectivity index (χ3n) is 2.95. The van der Waals surface area contributed by atoms with Crippen LogP contribution >= 0.6 is 0 Å². The molecule has 9 nitrogen and oxygen atoms in total. The van der Waals surface area contributed by atoms with E-state index in [2.05, 4.69) is 19.9 Å². The Morgan fingerprint density at radius 1 is 1.45 bits per heavy atom. The standard InChI is InChI=1S/C13H17N6O3/c1-17(8-12(21)22-3)11(20)7-19-5-4-10(6-15-19)13-14-9-18(2)16-13/h4-6,9H,7-8H2,1-3H3/q+1. The number of esters is 1. The van der Waals surface area contributed by atoms with E-state index >= 15 is 0 Å². The summed E-state index contributed by atoms with van der Waals surface area (Å²) in [6.45, 7) is -0.0603. The van der Waals surface area contributed by atoms with Crippen molar-refractivity contribution in [3.8, 4) is 11.4 Å². The van der Waals surface area contributed by atoms with Crippen LogP contribution in [0.25, 0.3) is 11.4 Å². The maximum atomic E-state index is 12.0. The highest BCUT2D eigenvalue weighted by atomic mass is 16.5. The number of nitrogens with zero attached hydrogens (tertiary/aromatic N) is 6. The number of hydrogen-bond donors (Lipinski definition) is 0. The van der Waals surface area contributed by atoms with E-state index in [1.54, 1.807) is 36.5 Å². The molecule has 0 saturated heterocycles. The maximum absolute atomic E-state index is 12.0. The Bertz CT molecular complexity index is 667. The topological polar surface area (TPSA) is 94.1 Å². The Morgan fingerprint density at radius 2 is 2.23 bits per heavy atom. The summed E-state index contributed by atoms with van der Waals surface area (Å²) in [6, 6.07) is 1.77. The molecule has 2 aromatic heterocycles. The van der Waals surface area contributed by atoms with Gasteiger partial charge in [-0.05, 0) is 5.10 Å². The van der Waals surface area contributed by atoms with Crippen molar-refractivity contribution in [1.82, 2.24) is 24.8 Å². The second-order valence-electron chi connectivity index (χ2n) is 4.68. The minimum atomic E-state index is -0.467. The molecule has 0 radical (unpaired) electrons. The fraction of sp³-hybridized carbons (Fsp3) is 0.385. The number of carbonyl (C=O) groups is 2. The number of aryl methyl sites for hydroxylation is 1. The van der Waals surface area contributed by atoms with Crippen LogP contribution < -0.4 is 4.68 Å². The van der Waals surface area contributed by atoms with E-state index in [1.807, 2.05) is 0 Å². The molecule has 0 spiro atoms. The first-order valence-corrected chi connectivity index (χ1v) is 6.52. The molecule has 0 saturated carbocycles. The summed E-state index contributed by atoms with van der Waals surface area (Å²) in [5.74, 6) is -0.145. The molecule has 22 heavy (non-hydrogen) atoms. The van der Waals surface area contributed by atoms with Crippen molar-refractivity contribution in [2.75, 3.05) is 20.7 Å². The lowest BCUT2D eigenvalue weighted by molar-refractivity contribution is -0.742. The quantitative estimate of drug-likeness (QED) is 0.508. The van der Waals surface area contributed by atoms with Crippen LogP contribution in [0.1, 0.15) is 0 Å². The van der Waals surface area contributed by atoms with Crippen LogP contribution in [0.4, 0.5) is 0 Å². The summed E-state index contributed by atoms with van der Waals surface area (Å²) in [5, 5.41) is 8.32. The summed E-state index contributed by atoms with van der Waals surface area (Å²) < 4.78 is 7.59. The van der Waals surface area contributed by atoms with Gasteiger partial charge in [0.1, 0.15) is 19.1 Å². The number of aromatic nitrogens is 5. The molecule has 2 rings (SSSR count). The van der Waals surface area contributed by atoms with Gasteiger partial charge in [-0.2, -0.15) is 5.10 Å². The third kappa shape index (κ3) is 3.84. The van der Waals surface area contributed by atoms with Crippen molar-refractivity contribution in [1.29, 1.82) is 0 Å². The third-order valence-corrected chi connectivity index (χ3v) is 2.95. The van der Waals surface area contributed by atoms with Crippen molar-refractivity contribution in [2.45, 2.75) is 6.54 Å². The van der Waals surface area contributed by atoms with Crippen LogP contribution in [-0.4, -0.2) is 57.3 Å². The lowest BCUT2D eigenvalue weighted by Gasteiger charge is -2.12. The molecule has 0 bridgehead atoms. The Labute approximate surface area is 127 Å². The minimum Gasteiger partial charge on any atom is -0.468 e. The second-order valence-corrected chi connectivity index (χ2v) is 4.68. The molecule has 2 aromatic rings. The van der Waals surface area contributed by atoms with E-state index in [0.717, 1.165) is 5.56 Å². The van der Waals surface area contributed by atoms with E-state index in [4.69, 9.17) is 0 Å². The highest BCUT2D eigenvalue weighted by Gasteiger charge is 2.18. The minimum absolute atomic E-state index is 0.0312.